The van der Waals surface area contributed by atoms with Crippen LogP contribution in [-0.2, 0) is 0 Å². The second-order valence-electron chi connectivity index (χ2n) is 4.54. The Labute approximate surface area is 127 Å². The summed E-state index contributed by atoms with van der Waals surface area (Å²) in [6.45, 7) is 1.85. The third-order valence-corrected chi connectivity index (χ3v) is 3.17. The van der Waals surface area contributed by atoms with E-state index in [9.17, 15) is 0 Å². The van der Waals surface area contributed by atoms with E-state index < -0.39 is 0 Å². The van der Waals surface area contributed by atoms with Gasteiger partial charge >= 0.3 is 0 Å². The van der Waals surface area contributed by atoms with Crippen LogP contribution >= 0.6 is 11.6 Å². The van der Waals surface area contributed by atoms with Crippen molar-refractivity contribution in [1.82, 2.24) is 10.1 Å². The zero-order chi connectivity index (χ0) is 14.7. The number of benzene rings is 2. The van der Waals surface area contributed by atoms with E-state index in [0.29, 0.717) is 22.5 Å². The largest absolute Gasteiger partial charge is 0.481 e. The van der Waals surface area contributed by atoms with Gasteiger partial charge in [0.15, 0.2) is 6.10 Å². The zero-order valence-corrected chi connectivity index (χ0v) is 12.1. The van der Waals surface area contributed by atoms with E-state index in [1.165, 1.54) is 0 Å². The van der Waals surface area contributed by atoms with Crippen molar-refractivity contribution in [1.29, 1.82) is 0 Å². The van der Waals surface area contributed by atoms with Gasteiger partial charge in [0.05, 0.1) is 0 Å². The van der Waals surface area contributed by atoms with Gasteiger partial charge in [0, 0.05) is 10.6 Å². The Morgan fingerprint density at radius 2 is 1.90 bits per heavy atom. The molecule has 0 fully saturated rings. The van der Waals surface area contributed by atoms with E-state index in [-0.39, 0.29) is 6.10 Å². The summed E-state index contributed by atoms with van der Waals surface area (Å²) in [5.74, 6) is 1.63. The molecule has 4 nitrogen and oxygen atoms in total. The molecule has 0 spiro atoms. The number of hydrogen-bond acceptors (Lipinski definition) is 4. The molecule has 1 heterocycles. The maximum atomic E-state index is 5.93. The Balaban J connectivity index is 1.77. The summed E-state index contributed by atoms with van der Waals surface area (Å²) in [4.78, 5) is 4.36. The van der Waals surface area contributed by atoms with Gasteiger partial charge in [-0.1, -0.05) is 53.2 Å². The maximum Gasteiger partial charge on any atom is 0.267 e. The lowest BCUT2D eigenvalue weighted by Gasteiger charge is -2.10. The number of aromatic nitrogens is 2. The fraction of sp³-hybridized carbons (Fsp3) is 0.125. The molecule has 0 aliphatic heterocycles. The average molecular weight is 301 g/mol. The second-order valence-corrected chi connectivity index (χ2v) is 4.98. The van der Waals surface area contributed by atoms with E-state index in [1.807, 2.05) is 49.4 Å². The van der Waals surface area contributed by atoms with Crippen LogP contribution in [0.3, 0.4) is 0 Å². The molecule has 1 aromatic heterocycles. The Bertz CT molecular complexity index is 728. The van der Waals surface area contributed by atoms with Crippen molar-refractivity contribution < 1.29 is 9.26 Å². The summed E-state index contributed by atoms with van der Waals surface area (Å²) < 4.78 is 11.0. The van der Waals surface area contributed by atoms with Crippen LogP contribution in [0.2, 0.25) is 5.02 Å². The molecular weight excluding hydrogens is 288 g/mol. The first kappa shape index (κ1) is 13.6. The van der Waals surface area contributed by atoms with E-state index in [1.54, 1.807) is 12.1 Å². The standard InChI is InChI=1S/C16H13ClN2O2/c1-11(20-14-9-5-8-13(17)10-14)16-18-15(19-21-16)12-6-3-2-4-7-12/h2-11H,1H3/t11-/m1/s1. The predicted octanol–water partition coefficient (Wildman–Crippen LogP) is 4.53. The SMILES string of the molecule is C[C@@H](Oc1cccc(Cl)c1)c1nc(-c2ccccc2)no1. The van der Waals surface area contributed by atoms with Crippen molar-refractivity contribution in [2.24, 2.45) is 0 Å². The lowest BCUT2D eigenvalue weighted by atomic mass is 10.2. The van der Waals surface area contributed by atoms with Crippen molar-refractivity contribution in [2.75, 3.05) is 0 Å². The zero-order valence-electron chi connectivity index (χ0n) is 11.4. The molecule has 2 aromatic carbocycles. The minimum Gasteiger partial charge on any atom is -0.481 e. The normalized spacial score (nSPS) is 12.1. The second kappa shape index (κ2) is 5.97. The summed E-state index contributed by atoms with van der Waals surface area (Å²) in [6, 6.07) is 16.8. The van der Waals surface area contributed by atoms with Crippen molar-refractivity contribution in [3.8, 4) is 17.1 Å². The lowest BCUT2D eigenvalue weighted by molar-refractivity contribution is 0.176. The highest BCUT2D eigenvalue weighted by Gasteiger charge is 2.16. The molecular formula is C16H13ClN2O2. The van der Waals surface area contributed by atoms with Gasteiger partial charge in [-0.25, -0.2) is 0 Å². The van der Waals surface area contributed by atoms with Gasteiger partial charge in [-0.15, -0.1) is 0 Å². The Kier molecular flexibility index (Phi) is 3.88. The van der Waals surface area contributed by atoms with Crippen LogP contribution in [0.5, 0.6) is 5.75 Å². The molecule has 0 saturated carbocycles. The summed E-state index contributed by atoms with van der Waals surface area (Å²) >= 11 is 5.93. The van der Waals surface area contributed by atoms with Gasteiger partial charge in [-0.3, -0.25) is 0 Å². The Hall–Kier alpha value is -2.33. The molecule has 5 heteroatoms. The minimum atomic E-state index is -0.353. The maximum absolute atomic E-state index is 5.93. The van der Waals surface area contributed by atoms with E-state index in [4.69, 9.17) is 20.9 Å². The van der Waals surface area contributed by atoms with Crippen LogP contribution in [0.1, 0.15) is 18.9 Å². The predicted molar refractivity (Wildman–Crippen MR) is 80.2 cm³/mol. The molecule has 0 bridgehead atoms. The van der Waals surface area contributed by atoms with Crippen molar-refractivity contribution >= 4 is 11.6 Å². The van der Waals surface area contributed by atoms with Crippen molar-refractivity contribution in [3.05, 3.63) is 65.5 Å². The summed E-state index contributed by atoms with van der Waals surface area (Å²) in [5, 5.41) is 4.60. The van der Waals surface area contributed by atoms with Crippen molar-refractivity contribution in [2.45, 2.75) is 13.0 Å². The number of hydrogen-bond donors (Lipinski definition) is 0. The summed E-state index contributed by atoms with van der Waals surface area (Å²) in [5.41, 5.74) is 0.905. The fourth-order valence-corrected chi connectivity index (χ4v) is 2.08. The van der Waals surface area contributed by atoms with Crippen LogP contribution in [0, 0.1) is 0 Å². The van der Waals surface area contributed by atoms with Gasteiger partial charge < -0.3 is 9.26 Å². The molecule has 106 valence electrons. The Morgan fingerprint density at radius 1 is 1.10 bits per heavy atom. The van der Waals surface area contributed by atoms with E-state index in [0.717, 1.165) is 5.56 Å². The van der Waals surface area contributed by atoms with Crippen LogP contribution in [0.25, 0.3) is 11.4 Å². The van der Waals surface area contributed by atoms with E-state index in [2.05, 4.69) is 10.1 Å². The molecule has 0 aliphatic carbocycles. The number of ether oxygens (including phenoxy) is 1. The molecule has 0 N–H and O–H groups in total. The first-order chi connectivity index (χ1) is 10.2. The molecule has 0 aliphatic rings. The molecule has 0 unspecified atom stereocenters. The van der Waals surface area contributed by atoms with Crippen LogP contribution in [0.4, 0.5) is 0 Å². The summed E-state index contributed by atoms with van der Waals surface area (Å²) in [6.07, 6.45) is -0.353. The first-order valence-corrected chi connectivity index (χ1v) is 6.91. The van der Waals surface area contributed by atoms with E-state index >= 15 is 0 Å². The number of halogens is 1. The highest BCUT2D eigenvalue weighted by atomic mass is 35.5. The van der Waals surface area contributed by atoms with Gasteiger partial charge in [0.25, 0.3) is 5.89 Å². The highest BCUT2D eigenvalue weighted by molar-refractivity contribution is 6.30. The van der Waals surface area contributed by atoms with Gasteiger partial charge in [-0.2, -0.15) is 4.98 Å². The molecule has 1 atom stereocenters. The topological polar surface area (TPSA) is 48.2 Å². The van der Waals surface area contributed by atoms with Crippen LogP contribution in [-0.4, -0.2) is 10.1 Å². The van der Waals surface area contributed by atoms with Crippen molar-refractivity contribution in [3.63, 3.8) is 0 Å². The van der Waals surface area contributed by atoms with Gasteiger partial charge in [0.1, 0.15) is 5.75 Å². The summed E-state index contributed by atoms with van der Waals surface area (Å²) in [7, 11) is 0. The first-order valence-electron chi connectivity index (χ1n) is 6.53. The average Bonchev–Trinajstić information content (AvgIpc) is 2.98. The molecule has 3 rings (SSSR count). The quantitative estimate of drug-likeness (QED) is 0.710. The Morgan fingerprint density at radius 3 is 2.67 bits per heavy atom. The molecule has 21 heavy (non-hydrogen) atoms. The molecule has 0 amide bonds. The molecule has 0 saturated heterocycles. The smallest absolute Gasteiger partial charge is 0.267 e. The fourth-order valence-electron chi connectivity index (χ4n) is 1.90. The third kappa shape index (κ3) is 3.23. The highest BCUT2D eigenvalue weighted by Crippen LogP contribution is 2.24. The molecule has 0 radical (unpaired) electrons. The van der Waals surface area contributed by atoms with Gasteiger partial charge in [0.2, 0.25) is 5.82 Å². The minimum absolute atomic E-state index is 0.353. The van der Waals surface area contributed by atoms with Gasteiger partial charge in [-0.05, 0) is 25.1 Å². The number of rotatable bonds is 4. The van der Waals surface area contributed by atoms with Crippen LogP contribution in [0.15, 0.2) is 59.1 Å². The third-order valence-electron chi connectivity index (χ3n) is 2.93. The number of nitrogens with zero attached hydrogens (tertiary/aromatic N) is 2. The lowest BCUT2D eigenvalue weighted by Crippen LogP contribution is -2.03. The van der Waals surface area contributed by atoms with Crippen LogP contribution < -0.4 is 4.74 Å². The monoisotopic (exact) mass is 300 g/mol. The molecule has 3 aromatic rings.